The molecule has 1 saturated heterocycles. The molecule has 2 heterocycles. The summed E-state index contributed by atoms with van der Waals surface area (Å²) in [5, 5.41) is 0.404. The zero-order chi connectivity index (χ0) is 15.6. The highest BCUT2D eigenvalue weighted by Gasteiger charge is 2.37. The highest BCUT2D eigenvalue weighted by molar-refractivity contribution is 6.29. The van der Waals surface area contributed by atoms with Crippen LogP contribution in [0, 0.1) is 5.41 Å². The van der Waals surface area contributed by atoms with E-state index in [9.17, 15) is 4.79 Å². The SMILES string of the molecule is CCC1(CC)CCN(C(=O)c2cc(Cl)nc(C(C)C)c2)C1. The van der Waals surface area contributed by atoms with Crippen molar-refractivity contribution in [3.8, 4) is 0 Å². The van der Waals surface area contributed by atoms with Gasteiger partial charge in [-0.2, -0.15) is 0 Å². The lowest BCUT2D eigenvalue weighted by Gasteiger charge is -2.26. The number of carbonyl (C=O) groups excluding carboxylic acids is 1. The number of halogens is 1. The van der Waals surface area contributed by atoms with Crippen molar-refractivity contribution in [3.63, 3.8) is 0 Å². The Balaban J connectivity index is 2.22. The molecule has 1 aromatic heterocycles. The summed E-state index contributed by atoms with van der Waals surface area (Å²) in [7, 11) is 0. The van der Waals surface area contributed by atoms with Crippen LogP contribution in [0.5, 0.6) is 0 Å². The van der Waals surface area contributed by atoms with Gasteiger partial charge in [-0.3, -0.25) is 4.79 Å². The normalized spacial score (nSPS) is 17.5. The number of hydrogen-bond acceptors (Lipinski definition) is 2. The molecule has 0 N–H and O–H groups in total. The first-order chi connectivity index (χ1) is 9.90. The Bertz CT molecular complexity index is 524. The van der Waals surface area contributed by atoms with E-state index in [-0.39, 0.29) is 11.8 Å². The summed E-state index contributed by atoms with van der Waals surface area (Å²) in [4.78, 5) is 19.0. The molecular weight excluding hydrogens is 284 g/mol. The Hall–Kier alpha value is -1.09. The number of nitrogens with zero attached hydrogens (tertiary/aromatic N) is 2. The van der Waals surface area contributed by atoms with E-state index in [1.165, 1.54) is 0 Å². The van der Waals surface area contributed by atoms with E-state index >= 15 is 0 Å². The molecule has 0 spiro atoms. The van der Waals surface area contributed by atoms with E-state index in [1.54, 1.807) is 6.07 Å². The minimum absolute atomic E-state index is 0.0879. The maximum atomic E-state index is 12.7. The van der Waals surface area contributed by atoms with Crippen LogP contribution in [0.3, 0.4) is 0 Å². The molecule has 0 unspecified atom stereocenters. The van der Waals surface area contributed by atoms with Gasteiger partial charge in [0.2, 0.25) is 0 Å². The van der Waals surface area contributed by atoms with Gasteiger partial charge < -0.3 is 4.90 Å². The van der Waals surface area contributed by atoms with E-state index in [4.69, 9.17) is 11.6 Å². The van der Waals surface area contributed by atoms with E-state index in [0.717, 1.165) is 38.0 Å². The largest absolute Gasteiger partial charge is 0.338 e. The maximum Gasteiger partial charge on any atom is 0.254 e. The van der Waals surface area contributed by atoms with Crippen molar-refractivity contribution in [2.24, 2.45) is 5.41 Å². The fourth-order valence-corrected chi connectivity index (χ4v) is 3.27. The highest BCUT2D eigenvalue weighted by Crippen LogP contribution is 2.37. The zero-order valence-corrected chi connectivity index (χ0v) is 14.2. The predicted molar refractivity (Wildman–Crippen MR) is 86.9 cm³/mol. The number of hydrogen-bond donors (Lipinski definition) is 0. The minimum Gasteiger partial charge on any atom is -0.338 e. The molecule has 4 heteroatoms. The highest BCUT2D eigenvalue weighted by atomic mass is 35.5. The molecule has 116 valence electrons. The molecule has 0 radical (unpaired) electrons. The second kappa shape index (κ2) is 6.35. The van der Waals surface area contributed by atoms with Gasteiger partial charge >= 0.3 is 0 Å². The quantitative estimate of drug-likeness (QED) is 0.767. The van der Waals surface area contributed by atoms with Crippen LogP contribution in [0.1, 0.15) is 68.9 Å². The third kappa shape index (κ3) is 3.39. The molecule has 0 saturated carbocycles. The Labute approximate surface area is 132 Å². The smallest absolute Gasteiger partial charge is 0.254 e. The van der Waals surface area contributed by atoms with Gasteiger partial charge in [0, 0.05) is 24.3 Å². The summed E-state index contributed by atoms with van der Waals surface area (Å²) in [5.41, 5.74) is 1.84. The molecule has 1 aliphatic rings. The Kier molecular flexibility index (Phi) is 4.92. The summed E-state index contributed by atoms with van der Waals surface area (Å²) >= 11 is 6.07. The Morgan fingerprint density at radius 3 is 2.57 bits per heavy atom. The van der Waals surface area contributed by atoms with Crippen molar-refractivity contribution in [2.45, 2.75) is 52.9 Å². The van der Waals surface area contributed by atoms with E-state index in [2.05, 4.69) is 32.7 Å². The second-order valence-corrected chi connectivity index (χ2v) is 6.83. The van der Waals surface area contributed by atoms with Crippen LogP contribution >= 0.6 is 11.6 Å². The van der Waals surface area contributed by atoms with Crippen LogP contribution in [-0.4, -0.2) is 28.9 Å². The number of aromatic nitrogens is 1. The fraction of sp³-hybridized carbons (Fsp3) is 0.647. The van der Waals surface area contributed by atoms with E-state index in [1.807, 2.05) is 11.0 Å². The minimum atomic E-state index is 0.0879. The zero-order valence-electron chi connectivity index (χ0n) is 13.4. The van der Waals surface area contributed by atoms with Gasteiger partial charge in [-0.05, 0) is 42.7 Å². The molecule has 0 bridgehead atoms. The average molecular weight is 309 g/mol. The third-order valence-corrected chi connectivity index (χ3v) is 5.07. The molecule has 1 aliphatic heterocycles. The number of rotatable bonds is 4. The molecular formula is C17H25ClN2O. The average Bonchev–Trinajstić information content (AvgIpc) is 2.91. The number of likely N-dealkylation sites (tertiary alicyclic amines) is 1. The van der Waals surface area contributed by atoms with E-state index < -0.39 is 0 Å². The molecule has 1 fully saturated rings. The molecule has 2 rings (SSSR count). The topological polar surface area (TPSA) is 33.2 Å². The van der Waals surface area contributed by atoms with Gasteiger partial charge in [-0.25, -0.2) is 4.98 Å². The predicted octanol–water partition coefficient (Wildman–Crippen LogP) is 4.51. The standard InChI is InChI=1S/C17H25ClN2O/c1-5-17(6-2)7-8-20(11-17)16(21)13-9-14(12(3)4)19-15(18)10-13/h9-10,12H,5-8,11H2,1-4H3. The van der Waals surface area contributed by atoms with Gasteiger partial charge in [0.05, 0.1) is 0 Å². The lowest BCUT2D eigenvalue weighted by Crippen LogP contribution is -2.32. The first-order valence-corrected chi connectivity index (χ1v) is 8.25. The Morgan fingerprint density at radius 2 is 2.05 bits per heavy atom. The van der Waals surface area contributed by atoms with Crippen LogP contribution in [0.25, 0.3) is 0 Å². The van der Waals surface area contributed by atoms with Crippen molar-refractivity contribution in [1.29, 1.82) is 0 Å². The van der Waals surface area contributed by atoms with Gasteiger partial charge in [0.1, 0.15) is 5.15 Å². The Morgan fingerprint density at radius 1 is 1.38 bits per heavy atom. The first-order valence-electron chi connectivity index (χ1n) is 7.87. The van der Waals surface area contributed by atoms with Crippen LogP contribution in [0.15, 0.2) is 12.1 Å². The van der Waals surface area contributed by atoms with Gasteiger partial charge in [-0.15, -0.1) is 0 Å². The molecule has 0 aliphatic carbocycles. The third-order valence-electron chi connectivity index (χ3n) is 4.88. The summed E-state index contributed by atoms with van der Waals surface area (Å²) in [6.07, 6.45) is 3.35. The molecule has 0 atom stereocenters. The molecule has 1 amide bonds. The van der Waals surface area contributed by atoms with Crippen molar-refractivity contribution in [1.82, 2.24) is 9.88 Å². The van der Waals surface area contributed by atoms with Crippen molar-refractivity contribution >= 4 is 17.5 Å². The second-order valence-electron chi connectivity index (χ2n) is 6.44. The van der Waals surface area contributed by atoms with Gasteiger partial charge in [0.15, 0.2) is 0 Å². The summed E-state index contributed by atoms with van der Waals surface area (Å²) < 4.78 is 0. The molecule has 3 nitrogen and oxygen atoms in total. The van der Waals surface area contributed by atoms with Crippen LogP contribution in [-0.2, 0) is 0 Å². The maximum absolute atomic E-state index is 12.7. The number of amides is 1. The number of pyridine rings is 1. The first kappa shape index (κ1) is 16.3. The van der Waals surface area contributed by atoms with Gasteiger partial charge in [-0.1, -0.05) is 39.3 Å². The molecule has 21 heavy (non-hydrogen) atoms. The number of carbonyl (C=O) groups is 1. The van der Waals surface area contributed by atoms with Crippen molar-refractivity contribution in [2.75, 3.05) is 13.1 Å². The monoisotopic (exact) mass is 308 g/mol. The fourth-order valence-electron chi connectivity index (χ4n) is 3.05. The lowest BCUT2D eigenvalue weighted by atomic mass is 9.82. The molecule has 0 aromatic carbocycles. The van der Waals surface area contributed by atoms with Crippen LogP contribution < -0.4 is 0 Å². The molecule has 1 aromatic rings. The van der Waals surface area contributed by atoms with Crippen LogP contribution in [0.4, 0.5) is 0 Å². The lowest BCUT2D eigenvalue weighted by molar-refractivity contribution is 0.0769. The summed E-state index contributed by atoms with van der Waals surface area (Å²) in [5.74, 6) is 0.351. The van der Waals surface area contributed by atoms with E-state index in [0.29, 0.717) is 16.1 Å². The van der Waals surface area contributed by atoms with Crippen molar-refractivity contribution in [3.05, 3.63) is 28.5 Å². The summed E-state index contributed by atoms with van der Waals surface area (Å²) in [6, 6.07) is 3.57. The van der Waals surface area contributed by atoms with Gasteiger partial charge in [0.25, 0.3) is 5.91 Å². The van der Waals surface area contributed by atoms with Crippen molar-refractivity contribution < 1.29 is 4.79 Å². The summed E-state index contributed by atoms with van der Waals surface area (Å²) in [6.45, 7) is 10.3. The van der Waals surface area contributed by atoms with Crippen LogP contribution in [0.2, 0.25) is 5.15 Å².